The Bertz CT molecular complexity index is 1590. The normalized spacial score (nSPS) is 16.4. The van der Waals surface area contributed by atoms with Gasteiger partial charge in [-0.3, -0.25) is 10.3 Å². The Morgan fingerprint density at radius 3 is 2.68 bits per heavy atom. The molecule has 2 aliphatic carbocycles. The second-order valence-corrected chi connectivity index (χ2v) is 8.94. The molecule has 15 heteroatoms. The van der Waals surface area contributed by atoms with Crippen LogP contribution in [0.25, 0.3) is 22.4 Å². The van der Waals surface area contributed by atoms with E-state index in [1.165, 1.54) is 18.6 Å². The van der Waals surface area contributed by atoms with E-state index in [0.717, 1.165) is 18.9 Å². The molecule has 37 heavy (non-hydrogen) atoms. The van der Waals surface area contributed by atoms with Gasteiger partial charge in [0.1, 0.15) is 35.0 Å². The summed E-state index contributed by atoms with van der Waals surface area (Å²) < 4.78 is 46.5. The van der Waals surface area contributed by atoms with Gasteiger partial charge in [-0.05, 0) is 31.7 Å². The highest BCUT2D eigenvalue weighted by atomic mass is 19.4. The number of nitrogens with two attached hydrogens (primary N) is 1. The SMILES string of the molecule is N#Cc1cc(-c2nn(C3CC3)c3ncnc(N)c23)ncc1NC(=O)Nc1cc(C2(C(F)(F)F)CC2)no1. The number of amides is 2. The highest BCUT2D eigenvalue weighted by molar-refractivity contribution is 6.01. The van der Waals surface area contributed by atoms with E-state index < -0.39 is 17.6 Å². The van der Waals surface area contributed by atoms with Crippen molar-refractivity contribution in [3.63, 3.8) is 0 Å². The summed E-state index contributed by atoms with van der Waals surface area (Å²) in [5, 5.41) is 23.0. The number of fused-ring (bicyclic) bond motifs is 1. The van der Waals surface area contributed by atoms with Crippen molar-refractivity contribution in [3.05, 3.63) is 35.9 Å². The number of rotatable bonds is 5. The molecule has 2 amide bonds. The highest BCUT2D eigenvalue weighted by Gasteiger charge is 2.66. The molecule has 0 unspecified atom stereocenters. The van der Waals surface area contributed by atoms with Gasteiger partial charge in [0.25, 0.3) is 0 Å². The van der Waals surface area contributed by atoms with Gasteiger partial charge >= 0.3 is 12.2 Å². The fourth-order valence-electron chi connectivity index (χ4n) is 4.16. The molecule has 4 heterocycles. The zero-order valence-electron chi connectivity index (χ0n) is 18.9. The number of urea groups is 1. The average molecular weight is 510 g/mol. The van der Waals surface area contributed by atoms with Crippen molar-refractivity contribution in [2.75, 3.05) is 16.4 Å². The van der Waals surface area contributed by atoms with Crippen LogP contribution in [0.5, 0.6) is 0 Å². The molecule has 0 aliphatic heterocycles. The van der Waals surface area contributed by atoms with E-state index in [1.807, 2.05) is 6.07 Å². The van der Waals surface area contributed by atoms with E-state index in [0.29, 0.717) is 22.4 Å². The highest BCUT2D eigenvalue weighted by Crippen LogP contribution is 2.58. The third kappa shape index (κ3) is 3.77. The Balaban J connectivity index is 1.24. The minimum absolute atomic E-state index is 0.0626. The molecule has 0 bridgehead atoms. The Hall–Kier alpha value is -4.74. The molecule has 12 nitrogen and oxygen atoms in total. The molecule has 4 N–H and O–H groups in total. The summed E-state index contributed by atoms with van der Waals surface area (Å²) in [4.78, 5) is 25.1. The number of alkyl halides is 3. The van der Waals surface area contributed by atoms with Crippen molar-refractivity contribution in [2.45, 2.75) is 43.3 Å². The number of hydrogen-bond acceptors (Lipinski definition) is 9. The molecule has 0 saturated heterocycles. The molecule has 2 aliphatic rings. The molecule has 0 atom stereocenters. The first-order chi connectivity index (χ1) is 17.7. The Labute approximate surface area is 205 Å². The van der Waals surface area contributed by atoms with Crippen molar-refractivity contribution in [1.82, 2.24) is 29.9 Å². The minimum atomic E-state index is -4.46. The largest absolute Gasteiger partial charge is 0.400 e. The lowest BCUT2D eigenvalue weighted by Crippen LogP contribution is -2.28. The molecule has 0 spiro atoms. The van der Waals surface area contributed by atoms with Crippen LogP contribution < -0.4 is 16.4 Å². The first-order valence-corrected chi connectivity index (χ1v) is 11.2. The number of nitrogens with zero attached hydrogens (tertiary/aromatic N) is 7. The summed E-state index contributed by atoms with van der Waals surface area (Å²) in [5.74, 6) is -0.0441. The minimum Gasteiger partial charge on any atom is -0.383 e. The molecule has 4 aromatic rings. The van der Waals surface area contributed by atoms with Crippen LogP contribution in [0.2, 0.25) is 0 Å². The molecule has 2 fully saturated rings. The van der Waals surface area contributed by atoms with Crippen molar-refractivity contribution >= 4 is 34.5 Å². The van der Waals surface area contributed by atoms with E-state index in [1.54, 1.807) is 4.68 Å². The Morgan fingerprint density at radius 1 is 1.22 bits per heavy atom. The average Bonchev–Trinajstić information content (AvgIpc) is 3.78. The van der Waals surface area contributed by atoms with E-state index in [2.05, 4.69) is 35.8 Å². The maximum Gasteiger partial charge on any atom is 0.400 e. The van der Waals surface area contributed by atoms with Gasteiger partial charge in [-0.1, -0.05) is 5.16 Å². The predicted molar refractivity (Wildman–Crippen MR) is 122 cm³/mol. The quantitative estimate of drug-likeness (QED) is 0.360. The Morgan fingerprint density at radius 2 is 2.00 bits per heavy atom. The number of halogens is 3. The molecule has 188 valence electrons. The predicted octanol–water partition coefficient (Wildman–Crippen LogP) is 3.90. The maximum absolute atomic E-state index is 13.3. The van der Waals surface area contributed by atoms with E-state index in [-0.39, 0.29) is 47.5 Å². The fraction of sp³-hybridized carbons (Fsp3) is 0.318. The lowest BCUT2D eigenvalue weighted by atomic mass is 10.0. The number of aromatic nitrogens is 6. The summed E-state index contributed by atoms with van der Waals surface area (Å²) >= 11 is 0. The first-order valence-electron chi connectivity index (χ1n) is 11.2. The van der Waals surface area contributed by atoms with Crippen molar-refractivity contribution in [1.29, 1.82) is 5.26 Å². The number of anilines is 3. The second-order valence-electron chi connectivity index (χ2n) is 8.94. The molecule has 2 saturated carbocycles. The number of carbonyl (C=O) groups is 1. The fourth-order valence-corrected chi connectivity index (χ4v) is 4.16. The Kier molecular flexibility index (Phi) is 4.84. The summed E-state index contributed by atoms with van der Waals surface area (Å²) in [5.41, 5.74) is 5.19. The van der Waals surface area contributed by atoms with Gasteiger partial charge in [-0.25, -0.2) is 19.4 Å². The number of nitrogens with one attached hydrogen (secondary N) is 2. The number of hydrogen-bond donors (Lipinski definition) is 3. The van der Waals surface area contributed by atoms with Crippen LogP contribution in [-0.2, 0) is 5.41 Å². The smallest absolute Gasteiger partial charge is 0.383 e. The summed E-state index contributed by atoms with van der Waals surface area (Å²) in [6, 6.07) is 3.82. The van der Waals surface area contributed by atoms with Gasteiger partial charge < -0.3 is 15.6 Å². The van der Waals surface area contributed by atoms with Crippen LogP contribution in [-0.4, -0.2) is 42.1 Å². The maximum atomic E-state index is 13.3. The van der Waals surface area contributed by atoms with Crippen LogP contribution in [0.1, 0.15) is 43.0 Å². The lowest BCUT2D eigenvalue weighted by Gasteiger charge is -2.15. The second kappa shape index (κ2) is 7.88. The number of carbonyl (C=O) groups excluding carboxylic acids is 1. The third-order valence-corrected chi connectivity index (χ3v) is 6.46. The van der Waals surface area contributed by atoms with Crippen LogP contribution >= 0.6 is 0 Å². The molecule has 0 radical (unpaired) electrons. The van der Waals surface area contributed by atoms with E-state index in [4.69, 9.17) is 10.3 Å². The van der Waals surface area contributed by atoms with Crippen LogP contribution in [0.3, 0.4) is 0 Å². The van der Waals surface area contributed by atoms with Crippen molar-refractivity contribution < 1.29 is 22.5 Å². The van der Waals surface area contributed by atoms with E-state index >= 15 is 0 Å². The third-order valence-electron chi connectivity index (χ3n) is 6.46. The number of nitriles is 1. The monoisotopic (exact) mass is 510 g/mol. The molecular formula is C22H17F3N10O2. The van der Waals surface area contributed by atoms with Gasteiger partial charge in [0.2, 0.25) is 5.88 Å². The van der Waals surface area contributed by atoms with Crippen LogP contribution in [0, 0.1) is 11.3 Å². The van der Waals surface area contributed by atoms with Gasteiger partial charge in [-0.15, -0.1) is 0 Å². The molecule has 6 rings (SSSR count). The van der Waals surface area contributed by atoms with Gasteiger partial charge in [0, 0.05) is 6.07 Å². The molecular weight excluding hydrogens is 493 g/mol. The molecule has 4 aromatic heterocycles. The lowest BCUT2D eigenvalue weighted by molar-refractivity contribution is -0.161. The standard InChI is InChI=1S/C22H17F3N10O2/c23-22(24,25)21(3-4-21)14-6-15(37-34-14)32-20(36)31-13-8-28-12(5-10(13)7-26)17-16-18(27)29-9-30-19(16)35(33-17)11-1-2-11/h5-6,8-9,11H,1-4H2,(H2,27,29,30)(H2,31,32,36). The summed E-state index contributed by atoms with van der Waals surface area (Å²) in [6.07, 6.45) is -0.113. The van der Waals surface area contributed by atoms with Crippen LogP contribution in [0.4, 0.5) is 35.4 Å². The van der Waals surface area contributed by atoms with Gasteiger partial charge in [0.05, 0.1) is 34.6 Å². The van der Waals surface area contributed by atoms with Crippen LogP contribution in [0.15, 0.2) is 29.2 Å². The number of pyridine rings is 1. The number of nitrogen functional groups attached to an aromatic ring is 1. The van der Waals surface area contributed by atoms with E-state index in [9.17, 15) is 23.2 Å². The summed E-state index contributed by atoms with van der Waals surface area (Å²) in [7, 11) is 0. The van der Waals surface area contributed by atoms with Gasteiger partial charge in [-0.2, -0.15) is 23.5 Å². The van der Waals surface area contributed by atoms with Gasteiger partial charge in [0.15, 0.2) is 5.65 Å². The topological polar surface area (TPSA) is 173 Å². The molecule has 0 aromatic carbocycles. The van der Waals surface area contributed by atoms with Crippen molar-refractivity contribution in [2.24, 2.45) is 0 Å². The zero-order chi connectivity index (χ0) is 25.9. The zero-order valence-corrected chi connectivity index (χ0v) is 18.9. The first kappa shape index (κ1) is 22.7. The summed E-state index contributed by atoms with van der Waals surface area (Å²) in [6.45, 7) is 0. The van der Waals surface area contributed by atoms with Crippen molar-refractivity contribution in [3.8, 4) is 17.5 Å².